The van der Waals surface area contributed by atoms with Gasteiger partial charge in [-0.3, -0.25) is 9.59 Å². The van der Waals surface area contributed by atoms with E-state index in [1.807, 2.05) is 0 Å². The number of amides is 2. The van der Waals surface area contributed by atoms with Gasteiger partial charge in [-0.05, 0) is 84.3 Å². The van der Waals surface area contributed by atoms with Gasteiger partial charge in [-0.15, -0.1) is 0 Å². The molecule has 4 atom stereocenters. The Bertz CT molecular complexity index is 1860. The van der Waals surface area contributed by atoms with Gasteiger partial charge in [-0.1, -0.05) is 37.5 Å². The van der Waals surface area contributed by atoms with E-state index in [4.69, 9.17) is 4.74 Å². The maximum absolute atomic E-state index is 14.5. The van der Waals surface area contributed by atoms with E-state index in [2.05, 4.69) is 49.9 Å². The lowest BCUT2D eigenvalue weighted by Crippen LogP contribution is -2.40. The maximum Gasteiger partial charge on any atom is 0.265 e. The molecule has 1 aromatic carbocycles. The van der Waals surface area contributed by atoms with Gasteiger partial charge in [0.25, 0.3) is 5.91 Å². The van der Waals surface area contributed by atoms with Crippen LogP contribution in [-0.2, 0) is 26.2 Å². The summed E-state index contributed by atoms with van der Waals surface area (Å²) in [5.41, 5.74) is 6.72. The quantitative estimate of drug-likeness (QED) is 0.488. The molecule has 2 saturated carbocycles. The number of methoxy groups -OCH3 is 1. The number of hydrogen-bond acceptors (Lipinski definition) is 6. The highest BCUT2D eigenvalue weighted by atomic mass is 32.2. The monoisotopic (exact) mass is 642 g/mol. The summed E-state index contributed by atoms with van der Waals surface area (Å²) in [6, 6.07) is 6.56. The van der Waals surface area contributed by atoms with Crippen LogP contribution in [0, 0.1) is 17.8 Å². The lowest BCUT2D eigenvalue weighted by molar-refractivity contribution is -0.135. The Kier molecular flexibility index (Phi) is 6.62. The molecule has 2 amide bonds. The van der Waals surface area contributed by atoms with Gasteiger partial charge in [-0.2, -0.15) is 0 Å². The second-order valence-corrected chi connectivity index (χ2v) is 16.6. The zero-order valence-corrected chi connectivity index (χ0v) is 27.2. The third kappa shape index (κ3) is 4.46. The molecule has 0 radical (unpaired) electrons. The number of likely N-dealkylation sites (tertiary alicyclic amines) is 1. The molecular formula is C36H42N4O5S. The van der Waals surface area contributed by atoms with Gasteiger partial charge in [0.1, 0.15) is 5.75 Å². The van der Waals surface area contributed by atoms with E-state index in [-0.39, 0.29) is 17.7 Å². The Morgan fingerprint density at radius 2 is 1.78 bits per heavy atom. The van der Waals surface area contributed by atoms with Gasteiger partial charge in [0, 0.05) is 49.7 Å². The first kappa shape index (κ1) is 28.8. The highest BCUT2D eigenvalue weighted by Gasteiger charge is 2.50. The summed E-state index contributed by atoms with van der Waals surface area (Å²) in [5, 5.41) is 4.06. The van der Waals surface area contributed by atoms with E-state index in [0.29, 0.717) is 49.1 Å². The largest absolute Gasteiger partial charge is 0.496 e. The minimum Gasteiger partial charge on any atom is -0.496 e. The Morgan fingerprint density at radius 3 is 2.50 bits per heavy atom. The number of rotatable bonds is 6. The molecule has 4 fully saturated rings. The van der Waals surface area contributed by atoms with E-state index in [9.17, 15) is 18.0 Å². The van der Waals surface area contributed by atoms with Crippen molar-refractivity contribution in [1.82, 2.24) is 19.5 Å². The Balaban J connectivity index is 1.19. The van der Waals surface area contributed by atoms with Gasteiger partial charge in [0.2, 0.25) is 15.9 Å². The van der Waals surface area contributed by atoms with Crippen molar-refractivity contribution in [1.29, 1.82) is 0 Å². The van der Waals surface area contributed by atoms with Crippen LogP contribution in [0.2, 0.25) is 0 Å². The number of fused-ring (bicyclic) bond motifs is 7. The van der Waals surface area contributed by atoms with Crippen molar-refractivity contribution in [3.05, 3.63) is 63.9 Å². The Labute approximate surface area is 270 Å². The van der Waals surface area contributed by atoms with Crippen LogP contribution in [0.15, 0.2) is 52.6 Å². The molecule has 9 rings (SSSR count). The van der Waals surface area contributed by atoms with Crippen molar-refractivity contribution in [2.45, 2.75) is 75.0 Å². The molecule has 3 unspecified atom stereocenters. The first-order valence-corrected chi connectivity index (χ1v) is 18.8. The van der Waals surface area contributed by atoms with Crippen molar-refractivity contribution >= 4 is 32.7 Å². The molecule has 0 bridgehead atoms. The van der Waals surface area contributed by atoms with Crippen LogP contribution in [0.1, 0.15) is 74.5 Å². The minimum atomic E-state index is -3.69. The summed E-state index contributed by atoms with van der Waals surface area (Å²) in [7, 11) is -1.98. The molecule has 0 spiro atoms. The third-order valence-electron chi connectivity index (χ3n) is 11.9. The van der Waals surface area contributed by atoms with E-state index >= 15 is 0 Å². The van der Waals surface area contributed by atoms with Crippen LogP contribution in [0.25, 0.3) is 10.9 Å². The number of hydrogen-bond donors (Lipinski definition) is 2. The van der Waals surface area contributed by atoms with Crippen molar-refractivity contribution < 1.29 is 22.7 Å². The van der Waals surface area contributed by atoms with Crippen molar-refractivity contribution in [2.75, 3.05) is 33.3 Å². The lowest BCUT2D eigenvalue weighted by Gasteiger charge is -2.33. The summed E-state index contributed by atoms with van der Waals surface area (Å²) < 4.78 is 36.3. The van der Waals surface area contributed by atoms with Gasteiger partial charge >= 0.3 is 0 Å². The molecule has 10 heteroatoms. The molecule has 7 aliphatic rings. The van der Waals surface area contributed by atoms with E-state index in [0.717, 1.165) is 78.1 Å². The standard InChI is InChI=1S/C36H42N4O5S/c1-45-30-13-12-24(20-6-3-2-4-7-20)34-27(30)14-29-31-25(8-5-9-26(31)36(42)39-17-21-15-37-16-22(21)18-39)32-28(19-40(29)34)33(32)35(41)38-46(43,44)23-10-11-23/h5,8,12-14,20-23,26,31,37H,2-4,6-7,9-11,15-19H2,1H3,(H,38,41)/t21?,22?,26-,31?/m1/s1. The van der Waals surface area contributed by atoms with Crippen LogP contribution in [0.3, 0.4) is 0 Å². The Hall–Kier alpha value is -3.37. The van der Waals surface area contributed by atoms with Crippen LogP contribution < -0.4 is 14.8 Å². The van der Waals surface area contributed by atoms with E-state index in [1.54, 1.807) is 7.11 Å². The number of ether oxygens (including phenoxy) is 1. The fourth-order valence-corrected chi connectivity index (χ4v) is 10.7. The smallest absolute Gasteiger partial charge is 0.265 e. The summed E-state index contributed by atoms with van der Waals surface area (Å²) in [6.07, 6.45) is 12.0. The van der Waals surface area contributed by atoms with E-state index < -0.39 is 21.2 Å². The first-order valence-electron chi connectivity index (χ1n) is 17.2. The number of carbonyl (C=O) groups is 2. The average molecular weight is 643 g/mol. The first-order chi connectivity index (χ1) is 22.3. The molecule has 2 saturated heterocycles. The maximum atomic E-state index is 14.5. The molecule has 4 aliphatic carbocycles. The van der Waals surface area contributed by atoms with Crippen LogP contribution in [-0.4, -0.2) is 68.2 Å². The second-order valence-electron chi connectivity index (χ2n) is 14.6. The van der Waals surface area contributed by atoms with Gasteiger partial charge in [0.05, 0.1) is 29.4 Å². The van der Waals surface area contributed by atoms with Gasteiger partial charge in [0.15, 0.2) is 0 Å². The van der Waals surface area contributed by atoms with Gasteiger partial charge < -0.3 is 19.5 Å². The molecular weight excluding hydrogens is 600 g/mol. The number of benzene rings is 1. The van der Waals surface area contributed by atoms with Crippen molar-refractivity contribution in [3.8, 4) is 5.75 Å². The third-order valence-corrected chi connectivity index (χ3v) is 13.7. The number of allylic oxidation sites excluding steroid dienone is 4. The predicted octanol–water partition coefficient (Wildman–Crippen LogP) is 4.26. The van der Waals surface area contributed by atoms with Crippen LogP contribution >= 0.6 is 0 Å². The van der Waals surface area contributed by atoms with E-state index in [1.165, 1.54) is 24.8 Å². The molecule has 9 nitrogen and oxygen atoms in total. The molecule has 1 aromatic heterocycles. The van der Waals surface area contributed by atoms with Crippen molar-refractivity contribution in [3.63, 3.8) is 0 Å². The Morgan fingerprint density at radius 1 is 1.02 bits per heavy atom. The number of sulfonamides is 1. The van der Waals surface area contributed by atoms with Gasteiger partial charge in [-0.25, -0.2) is 13.1 Å². The number of nitrogens with one attached hydrogen (secondary N) is 2. The minimum absolute atomic E-state index is 0.185. The number of nitrogens with zero attached hydrogens (tertiary/aromatic N) is 2. The summed E-state index contributed by atoms with van der Waals surface area (Å²) in [4.78, 5) is 30.3. The predicted molar refractivity (Wildman–Crippen MR) is 175 cm³/mol. The highest BCUT2D eigenvalue weighted by molar-refractivity contribution is 7.91. The molecule has 2 N–H and O–H groups in total. The number of carbonyl (C=O) groups excluding carboxylic acids is 2. The topological polar surface area (TPSA) is 110 Å². The normalized spacial score (nSPS) is 28.9. The second kappa shape index (κ2) is 10.6. The molecule has 4 heterocycles. The molecule has 3 aliphatic heterocycles. The number of aromatic nitrogens is 1. The summed E-state index contributed by atoms with van der Waals surface area (Å²) >= 11 is 0. The fraction of sp³-hybridized carbons (Fsp3) is 0.556. The SMILES string of the molecule is COc1ccc(C2CCCCC2)c2c1cc1n2CC2=C(C(=O)NS(=O)(=O)C3CC3)C2=C2C=CC[C@@H](C(=O)N3CC4CNCC4C3)C21. The summed E-state index contributed by atoms with van der Waals surface area (Å²) in [6.45, 7) is 3.97. The zero-order chi connectivity index (χ0) is 31.3. The lowest BCUT2D eigenvalue weighted by atomic mass is 9.76. The fourth-order valence-electron chi connectivity index (χ4n) is 9.42. The molecule has 2 aromatic rings. The molecule has 46 heavy (non-hydrogen) atoms. The molecule has 242 valence electrons. The van der Waals surface area contributed by atoms with Crippen LogP contribution in [0.4, 0.5) is 0 Å². The average Bonchev–Trinajstić information content (AvgIpc) is 3.91. The zero-order valence-electron chi connectivity index (χ0n) is 26.4. The van der Waals surface area contributed by atoms with Crippen LogP contribution in [0.5, 0.6) is 5.75 Å². The highest BCUT2D eigenvalue weighted by Crippen LogP contribution is 2.55. The summed E-state index contributed by atoms with van der Waals surface area (Å²) in [5.74, 6) is 1.37. The van der Waals surface area contributed by atoms with Crippen molar-refractivity contribution in [2.24, 2.45) is 17.8 Å².